The van der Waals surface area contributed by atoms with E-state index in [0.29, 0.717) is 0 Å². The maximum absolute atomic E-state index is 5.34. The third kappa shape index (κ3) is 2.55. The lowest BCUT2D eigenvalue weighted by molar-refractivity contribution is 0.415. The van der Waals surface area contributed by atoms with E-state index in [1.54, 1.807) is 18.3 Å². The number of allylic oxidation sites excluding steroid dienone is 1. The summed E-state index contributed by atoms with van der Waals surface area (Å²) in [5, 5.41) is 2.56. The Balaban J connectivity index is 1.79. The molecule has 2 aromatic rings. The number of likely N-dealkylation sites (N-methyl/N-ethyl adjacent to an activating group) is 1. The lowest BCUT2D eigenvalue weighted by Gasteiger charge is -2.23. The molecule has 0 aromatic heterocycles. The van der Waals surface area contributed by atoms with Crippen LogP contribution in [0, 0.1) is 11.8 Å². The van der Waals surface area contributed by atoms with Crippen molar-refractivity contribution in [1.29, 1.82) is 0 Å². The molecule has 2 bridgehead atoms. The summed E-state index contributed by atoms with van der Waals surface area (Å²) in [6, 6.07) is 13.3. The van der Waals surface area contributed by atoms with Crippen LogP contribution < -0.4 is 4.74 Å². The molecule has 2 aliphatic rings. The molecule has 2 heteroatoms. The zero-order chi connectivity index (χ0) is 16.0. The van der Waals surface area contributed by atoms with Gasteiger partial charge in [0.1, 0.15) is 5.75 Å². The van der Waals surface area contributed by atoms with Gasteiger partial charge in [0.05, 0.1) is 7.11 Å². The van der Waals surface area contributed by atoms with E-state index >= 15 is 0 Å². The number of hydrogen-bond donors (Lipinski definition) is 0. The van der Waals surface area contributed by atoms with Crippen molar-refractivity contribution in [3.63, 3.8) is 0 Å². The number of rotatable bonds is 4. The first-order valence-corrected chi connectivity index (χ1v) is 8.61. The lowest BCUT2D eigenvalue weighted by Crippen LogP contribution is -2.19. The third-order valence-electron chi connectivity index (χ3n) is 5.52. The minimum absolute atomic E-state index is 0.783. The van der Waals surface area contributed by atoms with Crippen LogP contribution in [-0.4, -0.2) is 32.6 Å². The summed E-state index contributed by atoms with van der Waals surface area (Å²) in [5.41, 5.74) is 4.78. The molecular weight excluding hydrogens is 282 g/mol. The molecule has 2 nitrogen and oxygen atoms in total. The van der Waals surface area contributed by atoms with E-state index in [4.69, 9.17) is 4.74 Å². The van der Waals surface area contributed by atoms with E-state index in [0.717, 1.165) is 24.1 Å². The minimum Gasteiger partial charge on any atom is -0.497 e. The number of hydrogen-bond acceptors (Lipinski definition) is 2. The molecule has 2 unspecified atom stereocenters. The Hall–Kier alpha value is -1.80. The molecule has 2 aliphatic carbocycles. The Labute approximate surface area is 138 Å². The number of nitrogens with zero attached hydrogens (tertiary/aromatic N) is 1. The van der Waals surface area contributed by atoms with Gasteiger partial charge >= 0.3 is 0 Å². The number of fused-ring (bicyclic) bond motifs is 3. The second kappa shape index (κ2) is 5.68. The van der Waals surface area contributed by atoms with E-state index in [-0.39, 0.29) is 0 Å². The van der Waals surface area contributed by atoms with Gasteiger partial charge < -0.3 is 9.64 Å². The Morgan fingerprint density at radius 2 is 1.74 bits per heavy atom. The van der Waals surface area contributed by atoms with Crippen molar-refractivity contribution in [2.45, 2.75) is 19.3 Å². The summed E-state index contributed by atoms with van der Waals surface area (Å²) in [4.78, 5) is 2.32. The quantitative estimate of drug-likeness (QED) is 0.819. The van der Waals surface area contributed by atoms with E-state index < -0.39 is 0 Å². The fraction of sp³-hybridized carbons (Fsp3) is 0.429. The minimum atomic E-state index is 0.783. The highest BCUT2D eigenvalue weighted by Gasteiger charge is 2.39. The van der Waals surface area contributed by atoms with Crippen molar-refractivity contribution in [2.24, 2.45) is 11.8 Å². The standard InChI is InChI=1S/C21H25NO/c1-22(2)13-20-16-5-7-18(11-16)21(20)17-6-4-15-12-19(23-3)9-8-14(15)10-17/h4,6,8-10,12,16,18H,5,7,11,13H2,1-3H3. The summed E-state index contributed by atoms with van der Waals surface area (Å²) in [6.07, 6.45) is 4.14. The van der Waals surface area contributed by atoms with Crippen LogP contribution in [0.15, 0.2) is 42.0 Å². The smallest absolute Gasteiger partial charge is 0.119 e. The first-order chi connectivity index (χ1) is 11.2. The predicted octanol–water partition coefficient (Wildman–Crippen LogP) is 4.59. The van der Waals surface area contributed by atoms with Gasteiger partial charge in [0.2, 0.25) is 0 Å². The van der Waals surface area contributed by atoms with Crippen molar-refractivity contribution in [1.82, 2.24) is 4.90 Å². The van der Waals surface area contributed by atoms with Gasteiger partial charge in [-0.25, -0.2) is 0 Å². The fourth-order valence-electron chi connectivity index (χ4n) is 4.54. The Bertz CT molecular complexity index is 775. The maximum Gasteiger partial charge on any atom is 0.119 e. The molecule has 2 atom stereocenters. The largest absolute Gasteiger partial charge is 0.497 e. The van der Waals surface area contributed by atoms with Crippen molar-refractivity contribution < 1.29 is 4.74 Å². The number of methoxy groups -OCH3 is 1. The second-order valence-electron chi connectivity index (χ2n) is 7.31. The van der Waals surface area contributed by atoms with Crippen LogP contribution in [0.1, 0.15) is 24.8 Å². The van der Waals surface area contributed by atoms with Crippen LogP contribution in [0.3, 0.4) is 0 Å². The van der Waals surface area contributed by atoms with Crippen molar-refractivity contribution in [3.8, 4) is 5.75 Å². The van der Waals surface area contributed by atoms with E-state index in [9.17, 15) is 0 Å². The molecule has 120 valence electrons. The van der Waals surface area contributed by atoms with Gasteiger partial charge in [-0.1, -0.05) is 18.2 Å². The van der Waals surface area contributed by atoms with Crippen molar-refractivity contribution in [2.75, 3.05) is 27.7 Å². The molecule has 0 aliphatic heterocycles. The van der Waals surface area contributed by atoms with E-state index in [2.05, 4.69) is 55.4 Å². The van der Waals surface area contributed by atoms with Crippen LogP contribution in [0.5, 0.6) is 5.75 Å². The first kappa shape index (κ1) is 14.8. The molecule has 0 N–H and O–H groups in total. The average molecular weight is 307 g/mol. The molecular formula is C21H25NO. The van der Waals surface area contributed by atoms with Gasteiger partial charge in [0, 0.05) is 6.54 Å². The SMILES string of the molecule is COc1ccc2cc(C3=C(CN(C)C)C4CCC3C4)ccc2c1. The monoisotopic (exact) mass is 307 g/mol. The molecule has 0 heterocycles. The average Bonchev–Trinajstić information content (AvgIpc) is 3.14. The van der Waals surface area contributed by atoms with Crippen molar-refractivity contribution >= 4 is 16.3 Å². The zero-order valence-electron chi connectivity index (χ0n) is 14.3. The molecule has 0 saturated heterocycles. The lowest BCUT2D eigenvalue weighted by atomic mass is 9.86. The van der Waals surface area contributed by atoms with Gasteiger partial charge in [-0.2, -0.15) is 0 Å². The Kier molecular flexibility index (Phi) is 3.65. The highest BCUT2D eigenvalue weighted by Crippen LogP contribution is 2.52. The molecule has 1 saturated carbocycles. The van der Waals surface area contributed by atoms with Gasteiger partial charge in [0.15, 0.2) is 0 Å². The van der Waals surface area contributed by atoms with Gasteiger partial charge in [-0.05, 0) is 90.9 Å². The van der Waals surface area contributed by atoms with Crippen LogP contribution >= 0.6 is 0 Å². The summed E-state index contributed by atoms with van der Waals surface area (Å²) >= 11 is 0. The highest BCUT2D eigenvalue weighted by molar-refractivity contribution is 5.88. The zero-order valence-corrected chi connectivity index (χ0v) is 14.3. The molecule has 1 fully saturated rings. The topological polar surface area (TPSA) is 12.5 Å². The van der Waals surface area contributed by atoms with Crippen LogP contribution in [0.25, 0.3) is 16.3 Å². The van der Waals surface area contributed by atoms with Gasteiger partial charge in [0.25, 0.3) is 0 Å². The van der Waals surface area contributed by atoms with Crippen LogP contribution in [0.2, 0.25) is 0 Å². The summed E-state index contributed by atoms with van der Waals surface area (Å²) < 4.78 is 5.34. The molecule has 23 heavy (non-hydrogen) atoms. The number of benzene rings is 2. The van der Waals surface area contributed by atoms with E-state index in [1.807, 2.05) is 0 Å². The molecule has 4 rings (SSSR count). The van der Waals surface area contributed by atoms with Gasteiger partial charge in [-0.3, -0.25) is 0 Å². The third-order valence-corrected chi connectivity index (χ3v) is 5.52. The number of ether oxygens (including phenoxy) is 1. The maximum atomic E-state index is 5.34. The van der Waals surface area contributed by atoms with Crippen LogP contribution in [0.4, 0.5) is 0 Å². The van der Waals surface area contributed by atoms with Crippen molar-refractivity contribution in [3.05, 3.63) is 47.5 Å². The Morgan fingerprint density at radius 3 is 2.52 bits per heavy atom. The van der Waals surface area contributed by atoms with E-state index in [1.165, 1.54) is 35.6 Å². The van der Waals surface area contributed by atoms with Crippen LogP contribution in [-0.2, 0) is 0 Å². The predicted molar refractivity (Wildman–Crippen MR) is 96.8 cm³/mol. The summed E-state index contributed by atoms with van der Waals surface area (Å²) in [7, 11) is 6.09. The summed E-state index contributed by atoms with van der Waals surface area (Å²) in [5.74, 6) is 2.53. The molecule has 0 spiro atoms. The molecule has 0 radical (unpaired) electrons. The molecule has 2 aromatic carbocycles. The normalized spacial score (nSPS) is 23.3. The summed E-state index contributed by atoms with van der Waals surface area (Å²) in [6.45, 7) is 1.11. The van der Waals surface area contributed by atoms with Gasteiger partial charge in [-0.15, -0.1) is 0 Å². The fourth-order valence-corrected chi connectivity index (χ4v) is 4.54. The second-order valence-corrected chi connectivity index (χ2v) is 7.31. The Morgan fingerprint density at radius 1 is 1.00 bits per heavy atom. The molecule has 0 amide bonds. The highest BCUT2D eigenvalue weighted by atomic mass is 16.5. The first-order valence-electron chi connectivity index (χ1n) is 8.61.